The van der Waals surface area contributed by atoms with Crippen molar-refractivity contribution in [3.8, 4) is 0 Å². The zero-order valence-electron chi connectivity index (χ0n) is 11.0. The van der Waals surface area contributed by atoms with E-state index in [2.05, 4.69) is 24.3 Å². The highest BCUT2D eigenvalue weighted by atomic mass is 16.3. The lowest BCUT2D eigenvalue weighted by Crippen LogP contribution is -2.32. The summed E-state index contributed by atoms with van der Waals surface area (Å²) in [5.74, 6) is 0. The maximum atomic E-state index is 9.95. The number of aromatic nitrogens is 2. The number of aryl methyl sites for hydroxylation is 1. The average Bonchev–Trinajstić information content (AvgIpc) is 3.06. The van der Waals surface area contributed by atoms with Crippen LogP contribution in [0.2, 0.25) is 0 Å². The van der Waals surface area contributed by atoms with Crippen LogP contribution in [0.4, 0.5) is 0 Å². The van der Waals surface area contributed by atoms with Crippen molar-refractivity contribution in [2.24, 2.45) is 0 Å². The molecule has 0 radical (unpaired) electrons. The average molecular weight is 237 g/mol. The molecule has 1 aliphatic rings. The van der Waals surface area contributed by atoms with Crippen molar-refractivity contribution < 1.29 is 5.11 Å². The molecule has 17 heavy (non-hydrogen) atoms. The third kappa shape index (κ3) is 3.07. The number of rotatable bonds is 6. The third-order valence-corrected chi connectivity index (χ3v) is 3.49. The molecule has 1 aromatic heterocycles. The van der Waals surface area contributed by atoms with Crippen LogP contribution in [0.5, 0.6) is 0 Å². The number of aliphatic hydroxyl groups is 1. The Morgan fingerprint density at radius 1 is 1.47 bits per heavy atom. The monoisotopic (exact) mass is 237 g/mol. The molecular weight excluding hydrogens is 214 g/mol. The number of hydrogen-bond donors (Lipinski definition) is 2. The predicted molar refractivity (Wildman–Crippen MR) is 68.1 cm³/mol. The van der Waals surface area contributed by atoms with Crippen LogP contribution >= 0.6 is 0 Å². The normalized spacial score (nSPS) is 17.4. The van der Waals surface area contributed by atoms with E-state index in [1.165, 1.54) is 24.1 Å². The van der Waals surface area contributed by atoms with E-state index in [9.17, 15) is 5.11 Å². The van der Waals surface area contributed by atoms with E-state index in [0.29, 0.717) is 19.1 Å². The molecule has 0 saturated heterocycles. The quantitative estimate of drug-likeness (QED) is 0.781. The molecule has 0 aromatic carbocycles. The molecule has 1 atom stereocenters. The highest BCUT2D eigenvalue weighted by molar-refractivity contribution is 5.24. The van der Waals surface area contributed by atoms with Gasteiger partial charge in [0.1, 0.15) is 0 Å². The first kappa shape index (κ1) is 12.6. The molecule has 1 unspecified atom stereocenters. The highest BCUT2D eigenvalue weighted by Crippen LogP contribution is 2.18. The van der Waals surface area contributed by atoms with Gasteiger partial charge in [-0.1, -0.05) is 6.92 Å². The lowest BCUT2D eigenvalue weighted by Gasteiger charge is -2.13. The lowest BCUT2D eigenvalue weighted by molar-refractivity contribution is 0.145. The van der Waals surface area contributed by atoms with Gasteiger partial charge in [0.25, 0.3) is 0 Å². The standard InChI is InChI=1S/C13H23N3O/c1-4-13-9(2)15-16(10(13)3)8-12(17)7-14-11-5-6-11/h11-12,14,17H,4-8H2,1-3H3. The van der Waals surface area contributed by atoms with Gasteiger partial charge >= 0.3 is 0 Å². The first-order valence-corrected chi connectivity index (χ1v) is 6.56. The molecule has 4 nitrogen and oxygen atoms in total. The summed E-state index contributed by atoms with van der Waals surface area (Å²) in [6.07, 6.45) is 3.17. The van der Waals surface area contributed by atoms with Gasteiger partial charge in [-0.3, -0.25) is 4.68 Å². The van der Waals surface area contributed by atoms with Crippen molar-refractivity contribution in [1.29, 1.82) is 0 Å². The van der Waals surface area contributed by atoms with Gasteiger partial charge in [0.05, 0.1) is 18.3 Å². The van der Waals surface area contributed by atoms with Crippen molar-refractivity contribution >= 4 is 0 Å². The molecule has 4 heteroatoms. The minimum Gasteiger partial charge on any atom is -0.390 e. The van der Waals surface area contributed by atoms with Crippen molar-refractivity contribution in [3.63, 3.8) is 0 Å². The second kappa shape index (κ2) is 5.19. The lowest BCUT2D eigenvalue weighted by atomic mass is 10.1. The second-order valence-electron chi connectivity index (χ2n) is 5.02. The van der Waals surface area contributed by atoms with Crippen LogP contribution < -0.4 is 5.32 Å². The molecule has 2 N–H and O–H groups in total. The SMILES string of the molecule is CCc1c(C)nn(CC(O)CNC2CC2)c1C. The van der Waals surface area contributed by atoms with Crippen molar-refractivity contribution in [2.45, 2.75) is 58.7 Å². The zero-order chi connectivity index (χ0) is 12.4. The first-order chi connectivity index (χ1) is 8.11. The van der Waals surface area contributed by atoms with Gasteiger partial charge in [-0.2, -0.15) is 5.10 Å². The Morgan fingerprint density at radius 2 is 2.18 bits per heavy atom. The Balaban J connectivity index is 1.92. The highest BCUT2D eigenvalue weighted by Gasteiger charge is 2.21. The summed E-state index contributed by atoms with van der Waals surface area (Å²) in [6.45, 7) is 7.53. The zero-order valence-corrected chi connectivity index (χ0v) is 11.0. The van der Waals surface area contributed by atoms with E-state index in [-0.39, 0.29) is 6.10 Å². The fraction of sp³-hybridized carbons (Fsp3) is 0.769. The van der Waals surface area contributed by atoms with E-state index in [1.54, 1.807) is 0 Å². The fourth-order valence-corrected chi connectivity index (χ4v) is 2.28. The van der Waals surface area contributed by atoms with Crippen LogP contribution in [0.3, 0.4) is 0 Å². The van der Waals surface area contributed by atoms with Crippen LogP contribution in [-0.2, 0) is 13.0 Å². The van der Waals surface area contributed by atoms with Gasteiger partial charge in [-0.15, -0.1) is 0 Å². The van der Waals surface area contributed by atoms with Crippen molar-refractivity contribution in [2.75, 3.05) is 6.54 Å². The van der Waals surface area contributed by atoms with E-state index in [4.69, 9.17) is 0 Å². The number of nitrogens with one attached hydrogen (secondary N) is 1. The molecule has 1 aliphatic carbocycles. The maximum Gasteiger partial charge on any atom is 0.0860 e. The molecule has 0 aliphatic heterocycles. The Kier molecular flexibility index (Phi) is 3.84. The first-order valence-electron chi connectivity index (χ1n) is 6.56. The number of hydrogen-bond acceptors (Lipinski definition) is 3. The van der Waals surface area contributed by atoms with E-state index < -0.39 is 0 Å². The molecular formula is C13H23N3O. The van der Waals surface area contributed by atoms with Crippen LogP contribution in [0, 0.1) is 13.8 Å². The Labute approximate surface area is 103 Å². The Morgan fingerprint density at radius 3 is 2.71 bits per heavy atom. The third-order valence-electron chi connectivity index (χ3n) is 3.49. The summed E-state index contributed by atoms with van der Waals surface area (Å²) < 4.78 is 1.94. The smallest absolute Gasteiger partial charge is 0.0860 e. The topological polar surface area (TPSA) is 50.1 Å². The molecule has 0 bridgehead atoms. The van der Waals surface area contributed by atoms with Gasteiger partial charge in [0, 0.05) is 18.3 Å². The van der Waals surface area contributed by atoms with Crippen LogP contribution in [0.25, 0.3) is 0 Å². The van der Waals surface area contributed by atoms with Gasteiger partial charge in [0.15, 0.2) is 0 Å². The number of aliphatic hydroxyl groups excluding tert-OH is 1. The summed E-state index contributed by atoms with van der Waals surface area (Å²) in [4.78, 5) is 0. The number of nitrogens with zero attached hydrogens (tertiary/aromatic N) is 2. The second-order valence-corrected chi connectivity index (χ2v) is 5.02. The molecule has 0 spiro atoms. The summed E-state index contributed by atoms with van der Waals surface area (Å²) in [5.41, 5.74) is 3.59. The Bertz CT molecular complexity index is 382. The van der Waals surface area contributed by atoms with Crippen LogP contribution in [0.15, 0.2) is 0 Å². The minimum atomic E-state index is -0.349. The minimum absolute atomic E-state index is 0.349. The molecule has 1 heterocycles. The summed E-state index contributed by atoms with van der Waals surface area (Å²) in [6, 6.07) is 0.649. The molecule has 1 aromatic rings. The molecule has 96 valence electrons. The van der Waals surface area contributed by atoms with Crippen LogP contribution in [0.1, 0.15) is 36.7 Å². The van der Waals surface area contributed by atoms with Gasteiger partial charge in [0.2, 0.25) is 0 Å². The Hall–Kier alpha value is -0.870. The van der Waals surface area contributed by atoms with Gasteiger partial charge < -0.3 is 10.4 Å². The maximum absolute atomic E-state index is 9.95. The molecule has 0 amide bonds. The summed E-state index contributed by atoms with van der Waals surface area (Å²) >= 11 is 0. The molecule has 2 rings (SSSR count). The summed E-state index contributed by atoms with van der Waals surface area (Å²) in [7, 11) is 0. The van der Waals surface area contributed by atoms with Gasteiger partial charge in [-0.25, -0.2) is 0 Å². The summed E-state index contributed by atoms with van der Waals surface area (Å²) in [5, 5.41) is 17.8. The molecule has 1 fully saturated rings. The van der Waals surface area contributed by atoms with Crippen LogP contribution in [-0.4, -0.2) is 33.6 Å². The van der Waals surface area contributed by atoms with E-state index >= 15 is 0 Å². The van der Waals surface area contributed by atoms with Crippen molar-refractivity contribution in [3.05, 3.63) is 17.0 Å². The predicted octanol–water partition coefficient (Wildman–Crippen LogP) is 1.18. The van der Waals surface area contributed by atoms with Gasteiger partial charge in [-0.05, 0) is 38.7 Å². The molecule has 1 saturated carbocycles. The van der Waals surface area contributed by atoms with Crippen molar-refractivity contribution in [1.82, 2.24) is 15.1 Å². The van der Waals surface area contributed by atoms with E-state index in [0.717, 1.165) is 12.1 Å². The fourth-order valence-electron chi connectivity index (χ4n) is 2.28. The largest absolute Gasteiger partial charge is 0.390 e. The van der Waals surface area contributed by atoms with E-state index in [1.807, 2.05) is 11.6 Å².